The average molecular weight is 283 g/mol. The van der Waals surface area contributed by atoms with Crippen molar-refractivity contribution >= 4 is 17.5 Å². The monoisotopic (exact) mass is 282 g/mol. The molecule has 104 valence electrons. The Balaban J connectivity index is 1.96. The van der Waals surface area contributed by atoms with Gasteiger partial charge in [-0.2, -0.15) is 0 Å². The molecule has 0 radical (unpaired) electrons. The molecule has 1 atom stereocenters. The number of nitrogens with zero attached hydrogens (tertiary/aromatic N) is 1. The Morgan fingerprint density at radius 2 is 2.37 bits per heavy atom. The van der Waals surface area contributed by atoms with Crippen molar-refractivity contribution in [2.75, 3.05) is 19.6 Å². The molecule has 1 unspecified atom stereocenters. The quantitative estimate of drug-likeness (QED) is 0.891. The summed E-state index contributed by atoms with van der Waals surface area (Å²) >= 11 is 5.83. The van der Waals surface area contributed by atoms with Gasteiger partial charge in [0, 0.05) is 17.6 Å². The summed E-state index contributed by atoms with van der Waals surface area (Å²) < 4.78 is 0. The van der Waals surface area contributed by atoms with E-state index in [-0.39, 0.29) is 17.2 Å². The first kappa shape index (κ1) is 14.2. The fraction of sp³-hybridized carbons (Fsp3) is 0.500. The Labute approximate surface area is 118 Å². The molecule has 0 spiro atoms. The summed E-state index contributed by atoms with van der Waals surface area (Å²) in [5.74, 6) is -0.316. The summed E-state index contributed by atoms with van der Waals surface area (Å²) in [5.41, 5.74) is 0.230. The summed E-state index contributed by atoms with van der Waals surface area (Å²) in [4.78, 5) is 14.4. The van der Waals surface area contributed by atoms with E-state index in [4.69, 9.17) is 11.6 Å². The minimum Gasteiger partial charge on any atom is -0.507 e. The highest BCUT2D eigenvalue weighted by atomic mass is 35.5. The van der Waals surface area contributed by atoms with E-state index in [0.717, 1.165) is 19.5 Å². The van der Waals surface area contributed by atoms with Gasteiger partial charge in [0.1, 0.15) is 5.75 Å². The number of amides is 1. The van der Waals surface area contributed by atoms with Crippen LogP contribution in [0.4, 0.5) is 0 Å². The molecule has 5 heteroatoms. The molecular formula is C14H19ClN2O2. The van der Waals surface area contributed by atoms with Crippen molar-refractivity contribution in [1.82, 2.24) is 10.2 Å². The van der Waals surface area contributed by atoms with Crippen LogP contribution in [0.25, 0.3) is 0 Å². The molecule has 4 nitrogen and oxygen atoms in total. The van der Waals surface area contributed by atoms with Gasteiger partial charge in [0.15, 0.2) is 0 Å². The van der Waals surface area contributed by atoms with E-state index in [9.17, 15) is 9.90 Å². The molecule has 0 bridgehead atoms. The van der Waals surface area contributed by atoms with Crippen LogP contribution in [-0.4, -0.2) is 41.6 Å². The number of hydrogen-bond acceptors (Lipinski definition) is 3. The zero-order valence-corrected chi connectivity index (χ0v) is 11.8. The molecule has 1 aliphatic rings. The molecule has 1 fully saturated rings. The van der Waals surface area contributed by atoms with Crippen LogP contribution < -0.4 is 5.32 Å². The standard InChI is InChI=1S/C14H19ClN2O2/c1-2-17-7-3-4-11(17)9-16-14(19)12-8-10(15)5-6-13(12)18/h5-6,8,11,18H,2-4,7,9H2,1H3,(H,16,19). The predicted octanol–water partition coefficient (Wildman–Crippen LogP) is 2.26. The predicted molar refractivity (Wildman–Crippen MR) is 75.7 cm³/mol. The zero-order chi connectivity index (χ0) is 13.8. The molecule has 2 N–H and O–H groups in total. The first-order chi connectivity index (χ1) is 9.11. The number of benzene rings is 1. The minimum absolute atomic E-state index is 0.0410. The number of nitrogens with one attached hydrogen (secondary N) is 1. The molecule has 2 rings (SSSR count). The van der Waals surface area contributed by atoms with E-state index < -0.39 is 0 Å². The maximum Gasteiger partial charge on any atom is 0.255 e. The van der Waals surface area contributed by atoms with Crippen molar-refractivity contribution in [3.8, 4) is 5.75 Å². The lowest BCUT2D eigenvalue weighted by atomic mass is 10.1. The largest absolute Gasteiger partial charge is 0.507 e. The van der Waals surface area contributed by atoms with Gasteiger partial charge in [0.05, 0.1) is 5.56 Å². The van der Waals surface area contributed by atoms with Gasteiger partial charge in [-0.3, -0.25) is 9.69 Å². The Hall–Kier alpha value is -1.26. The fourth-order valence-corrected chi connectivity index (χ4v) is 2.71. The van der Waals surface area contributed by atoms with E-state index in [0.29, 0.717) is 17.6 Å². The van der Waals surface area contributed by atoms with Gasteiger partial charge in [-0.1, -0.05) is 18.5 Å². The lowest BCUT2D eigenvalue weighted by Gasteiger charge is -2.22. The third-order valence-electron chi connectivity index (χ3n) is 3.61. The number of likely N-dealkylation sites (N-methyl/N-ethyl adjacent to an activating group) is 1. The Morgan fingerprint density at radius 1 is 1.58 bits per heavy atom. The third kappa shape index (κ3) is 3.39. The van der Waals surface area contributed by atoms with E-state index in [2.05, 4.69) is 17.1 Å². The zero-order valence-electron chi connectivity index (χ0n) is 11.0. The summed E-state index contributed by atoms with van der Waals surface area (Å²) in [6.07, 6.45) is 2.28. The Morgan fingerprint density at radius 3 is 3.11 bits per heavy atom. The molecule has 19 heavy (non-hydrogen) atoms. The SMILES string of the molecule is CCN1CCCC1CNC(=O)c1cc(Cl)ccc1O. The van der Waals surface area contributed by atoms with E-state index in [1.165, 1.54) is 18.6 Å². The lowest BCUT2D eigenvalue weighted by molar-refractivity contribution is 0.0938. The second-order valence-electron chi connectivity index (χ2n) is 4.80. The minimum atomic E-state index is -0.275. The van der Waals surface area contributed by atoms with Gasteiger partial charge in [-0.05, 0) is 44.1 Å². The molecule has 1 heterocycles. The first-order valence-corrected chi connectivity index (χ1v) is 7.00. The summed E-state index contributed by atoms with van der Waals surface area (Å²) in [6, 6.07) is 4.88. The smallest absolute Gasteiger partial charge is 0.255 e. The third-order valence-corrected chi connectivity index (χ3v) is 3.84. The molecule has 1 aromatic rings. The molecule has 0 aromatic heterocycles. The summed E-state index contributed by atoms with van der Waals surface area (Å²) in [5, 5.41) is 13.0. The van der Waals surface area contributed by atoms with Crippen LogP contribution in [0.2, 0.25) is 5.02 Å². The molecule has 0 saturated carbocycles. The van der Waals surface area contributed by atoms with Crippen molar-refractivity contribution < 1.29 is 9.90 Å². The molecular weight excluding hydrogens is 264 g/mol. The van der Waals surface area contributed by atoms with Crippen molar-refractivity contribution in [2.24, 2.45) is 0 Å². The number of rotatable bonds is 4. The number of halogens is 1. The van der Waals surface area contributed by atoms with Crippen LogP contribution in [0, 0.1) is 0 Å². The van der Waals surface area contributed by atoms with Crippen LogP contribution in [0.15, 0.2) is 18.2 Å². The van der Waals surface area contributed by atoms with Crippen molar-refractivity contribution in [3.63, 3.8) is 0 Å². The average Bonchev–Trinajstić information content (AvgIpc) is 2.86. The van der Waals surface area contributed by atoms with Crippen LogP contribution in [0.1, 0.15) is 30.1 Å². The van der Waals surface area contributed by atoms with E-state index >= 15 is 0 Å². The molecule has 1 saturated heterocycles. The van der Waals surface area contributed by atoms with E-state index in [1.807, 2.05) is 0 Å². The van der Waals surface area contributed by atoms with Crippen molar-refractivity contribution in [1.29, 1.82) is 0 Å². The topological polar surface area (TPSA) is 52.6 Å². The molecule has 1 aliphatic heterocycles. The van der Waals surface area contributed by atoms with Gasteiger partial charge in [0.25, 0.3) is 5.91 Å². The number of phenolic OH excluding ortho intramolecular Hbond substituents is 1. The van der Waals surface area contributed by atoms with Gasteiger partial charge >= 0.3 is 0 Å². The lowest BCUT2D eigenvalue weighted by Crippen LogP contribution is -2.40. The number of phenols is 1. The van der Waals surface area contributed by atoms with Crippen LogP contribution in [-0.2, 0) is 0 Å². The number of likely N-dealkylation sites (tertiary alicyclic amines) is 1. The normalized spacial score (nSPS) is 19.6. The Bertz CT molecular complexity index is 465. The van der Waals surface area contributed by atoms with Gasteiger partial charge in [-0.15, -0.1) is 0 Å². The maximum atomic E-state index is 12.0. The van der Waals surface area contributed by atoms with Gasteiger partial charge in [0.2, 0.25) is 0 Å². The molecule has 1 amide bonds. The van der Waals surface area contributed by atoms with Gasteiger partial charge in [-0.25, -0.2) is 0 Å². The summed E-state index contributed by atoms with van der Waals surface area (Å²) in [7, 11) is 0. The second-order valence-corrected chi connectivity index (χ2v) is 5.23. The highest BCUT2D eigenvalue weighted by Crippen LogP contribution is 2.21. The Kier molecular flexibility index (Phi) is 4.66. The van der Waals surface area contributed by atoms with Crippen LogP contribution >= 0.6 is 11.6 Å². The number of carbonyl (C=O) groups is 1. The highest BCUT2D eigenvalue weighted by Gasteiger charge is 2.23. The number of aromatic hydroxyl groups is 1. The van der Waals surface area contributed by atoms with Crippen LogP contribution in [0.3, 0.4) is 0 Å². The number of hydrogen-bond donors (Lipinski definition) is 2. The van der Waals surface area contributed by atoms with E-state index in [1.54, 1.807) is 6.07 Å². The van der Waals surface area contributed by atoms with Crippen molar-refractivity contribution in [2.45, 2.75) is 25.8 Å². The second kappa shape index (κ2) is 6.26. The maximum absolute atomic E-state index is 12.0. The van der Waals surface area contributed by atoms with Crippen molar-refractivity contribution in [3.05, 3.63) is 28.8 Å². The fourth-order valence-electron chi connectivity index (χ4n) is 2.54. The highest BCUT2D eigenvalue weighted by molar-refractivity contribution is 6.31. The number of carbonyl (C=O) groups excluding carboxylic acids is 1. The molecule has 1 aromatic carbocycles. The van der Waals surface area contributed by atoms with Crippen LogP contribution in [0.5, 0.6) is 5.75 Å². The van der Waals surface area contributed by atoms with Gasteiger partial charge < -0.3 is 10.4 Å². The first-order valence-electron chi connectivity index (χ1n) is 6.62. The molecule has 0 aliphatic carbocycles. The summed E-state index contributed by atoms with van der Waals surface area (Å²) in [6.45, 7) is 4.84.